The number of benzene rings is 2. The second-order valence-electron chi connectivity index (χ2n) is 5.00. The third-order valence-corrected chi connectivity index (χ3v) is 3.49. The summed E-state index contributed by atoms with van der Waals surface area (Å²) in [5.41, 5.74) is 0.814. The summed E-state index contributed by atoms with van der Waals surface area (Å²) >= 11 is 0. The van der Waals surface area contributed by atoms with Gasteiger partial charge < -0.3 is 9.84 Å². The van der Waals surface area contributed by atoms with Gasteiger partial charge in [0.25, 0.3) is 0 Å². The van der Waals surface area contributed by atoms with Crippen LogP contribution in [0.2, 0.25) is 0 Å². The number of hydrogen-bond donors (Lipinski definition) is 1. The van der Waals surface area contributed by atoms with Crippen molar-refractivity contribution in [3.8, 4) is 5.75 Å². The van der Waals surface area contributed by atoms with Gasteiger partial charge in [0.1, 0.15) is 12.4 Å². The summed E-state index contributed by atoms with van der Waals surface area (Å²) in [4.78, 5) is 0. The molecule has 3 aromatic rings. The number of fused-ring (bicyclic) bond motifs is 1. The average molecular weight is 282 g/mol. The van der Waals surface area contributed by atoms with Gasteiger partial charge in [-0.2, -0.15) is 5.10 Å². The number of aromatic nitrogens is 2. The molecule has 0 fully saturated rings. The van der Waals surface area contributed by atoms with Crippen molar-refractivity contribution in [3.63, 3.8) is 0 Å². The molecule has 3 rings (SSSR count). The van der Waals surface area contributed by atoms with E-state index < -0.39 is 6.10 Å². The first-order valence-electron chi connectivity index (χ1n) is 7.05. The van der Waals surface area contributed by atoms with Gasteiger partial charge in [0.05, 0.1) is 12.6 Å². The third kappa shape index (κ3) is 2.90. The summed E-state index contributed by atoms with van der Waals surface area (Å²) < 4.78 is 7.79. The van der Waals surface area contributed by atoms with Gasteiger partial charge >= 0.3 is 0 Å². The highest BCUT2D eigenvalue weighted by molar-refractivity contribution is 5.89. The average Bonchev–Trinajstić information content (AvgIpc) is 3.00. The fourth-order valence-electron chi connectivity index (χ4n) is 2.42. The number of hydrogen-bond acceptors (Lipinski definition) is 3. The molecule has 0 radical (unpaired) electrons. The van der Waals surface area contributed by atoms with E-state index in [9.17, 15) is 5.11 Å². The number of aliphatic hydroxyl groups excluding tert-OH is 1. The standard InChI is InChI=1S/C17H18N2O2/c1-13(20)15-8-7-14-5-2-3-6-16(14)17(15)21-12-11-19-10-4-9-18-19/h2-10,13,20H,11-12H2,1H3/t13-/m1/s1. The van der Waals surface area contributed by atoms with Gasteiger partial charge in [-0.25, -0.2) is 0 Å². The first-order chi connectivity index (χ1) is 10.3. The molecule has 108 valence electrons. The Kier molecular flexibility index (Phi) is 3.88. The van der Waals surface area contributed by atoms with Crippen LogP contribution < -0.4 is 4.74 Å². The summed E-state index contributed by atoms with van der Waals surface area (Å²) in [5.74, 6) is 0.759. The normalized spacial score (nSPS) is 12.5. The molecule has 0 saturated carbocycles. The largest absolute Gasteiger partial charge is 0.491 e. The molecule has 4 nitrogen and oxygen atoms in total. The molecule has 4 heteroatoms. The minimum atomic E-state index is -0.561. The molecule has 0 bridgehead atoms. The van der Waals surface area contributed by atoms with E-state index >= 15 is 0 Å². The lowest BCUT2D eigenvalue weighted by Gasteiger charge is -2.16. The Bertz CT molecular complexity index is 721. The van der Waals surface area contributed by atoms with E-state index in [4.69, 9.17) is 4.74 Å². The van der Waals surface area contributed by atoms with Crippen molar-refractivity contribution in [1.82, 2.24) is 9.78 Å². The van der Waals surface area contributed by atoms with Crippen molar-refractivity contribution in [2.45, 2.75) is 19.6 Å². The minimum Gasteiger partial charge on any atom is -0.491 e. The zero-order valence-corrected chi connectivity index (χ0v) is 11.9. The monoisotopic (exact) mass is 282 g/mol. The van der Waals surface area contributed by atoms with E-state index in [2.05, 4.69) is 5.10 Å². The SMILES string of the molecule is C[C@@H](O)c1ccc2ccccc2c1OCCn1cccn1. The van der Waals surface area contributed by atoms with Crippen LogP contribution >= 0.6 is 0 Å². The highest BCUT2D eigenvalue weighted by atomic mass is 16.5. The molecule has 0 unspecified atom stereocenters. The Morgan fingerprint density at radius 3 is 2.81 bits per heavy atom. The summed E-state index contributed by atoms with van der Waals surface area (Å²) in [6, 6.07) is 13.9. The van der Waals surface area contributed by atoms with Gasteiger partial charge in [0.2, 0.25) is 0 Å². The van der Waals surface area contributed by atoms with E-state index in [1.165, 1.54) is 0 Å². The predicted molar refractivity (Wildman–Crippen MR) is 82.3 cm³/mol. The highest BCUT2D eigenvalue weighted by Gasteiger charge is 2.12. The van der Waals surface area contributed by atoms with E-state index in [-0.39, 0.29) is 0 Å². The molecule has 0 saturated heterocycles. The molecule has 0 amide bonds. The third-order valence-electron chi connectivity index (χ3n) is 3.49. The number of ether oxygens (including phenoxy) is 1. The number of nitrogens with zero attached hydrogens (tertiary/aromatic N) is 2. The summed E-state index contributed by atoms with van der Waals surface area (Å²) in [7, 11) is 0. The summed E-state index contributed by atoms with van der Waals surface area (Å²) in [6.45, 7) is 2.94. The maximum atomic E-state index is 9.95. The Hall–Kier alpha value is -2.33. The molecular formula is C17H18N2O2. The smallest absolute Gasteiger partial charge is 0.132 e. The molecule has 0 aliphatic heterocycles. The molecule has 1 atom stereocenters. The Balaban J connectivity index is 1.89. The van der Waals surface area contributed by atoms with Crippen LogP contribution in [-0.2, 0) is 6.54 Å². The lowest BCUT2D eigenvalue weighted by molar-refractivity contribution is 0.190. The zero-order valence-electron chi connectivity index (χ0n) is 11.9. The van der Waals surface area contributed by atoms with Crippen molar-refractivity contribution in [3.05, 3.63) is 60.4 Å². The molecule has 0 aliphatic rings. The van der Waals surface area contributed by atoms with Crippen molar-refractivity contribution < 1.29 is 9.84 Å². The molecule has 1 heterocycles. The summed E-state index contributed by atoms with van der Waals surface area (Å²) in [6.07, 6.45) is 3.09. The lowest BCUT2D eigenvalue weighted by Crippen LogP contribution is -2.10. The molecule has 1 aromatic heterocycles. The second kappa shape index (κ2) is 5.97. The molecule has 0 spiro atoms. The van der Waals surface area contributed by atoms with Gasteiger partial charge in [-0.15, -0.1) is 0 Å². The second-order valence-corrected chi connectivity index (χ2v) is 5.00. The number of rotatable bonds is 5. The van der Waals surface area contributed by atoms with Gasteiger partial charge in [-0.3, -0.25) is 4.68 Å². The van der Waals surface area contributed by atoms with Gasteiger partial charge in [-0.1, -0.05) is 36.4 Å². The fraction of sp³-hybridized carbons (Fsp3) is 0.235. The van der Waals surface area contributed by atoms with Gasteiger partial charge in [-0.05, 0) is 18.4 Å². The maximum absolute atomic E-state index is 9.95. The minimum absolute atomic E-state index is 0.509. The van der Waals surface area contributed by atoms with E-state index in [0.29, 0.717) is 13.2 Å². The molecule has 21 heavy (non-hydrogen) atoms. The highest BCUT2D eigenvalue weighted by Crippen LogP contribution is 2.33. The van der Waals surface area contributed by atoms with E-state index in [0.717, 1.165) is 22.1 Å². The molecule has 1 N–H and O–H groups in total. The predicted octanol–water partition coefficient (Wildman–Crippen LogP) is 3.17. The quantitative estimate of drug-likeness (QED) is 0.782. The van der Waals surface area contributed by atoms with Crippen LogP contribution in [0.3, 0.4) is 0 Å². The van der Waals surface area contributed by atoms with Crippen LogP contribution in [0.4, 0.5) is 0 Å². The van der Waals surface area contributed by atoms with Gasteiger partial charge in [0.15, 0.2) is 0 Å². The van der Waals surface area contributed by atoms with Crippen molar-refractivity contribution in [2.75, 3.05) is 6.61 Å². The Morgan fingerprint density at radius 1 is 1.19 bits per heavy atom. The Morgan fingerprint density at radius 2 is 2.05 bits per heavy atom. The van der Waals surface area contributed by atoms with Crippen LogP contribution in [-0.4, -0.2) is 21.5 Å². The zero-order chi connectivity index (χ0) is 14.7. The van der Waals surface area contributed by atoms with Crippen LogP contribution in [0.1, 0.15) is 18.6 Å². The van der Waals surface area contributed by atoms with Crippen molar-refractivity contribution >= 4 is 10.8 Å². The topological polar surface area (TPSA) is 47.3 Å². The number of aliphatic hydroxyl groups is 1. The lowest BCUT2D eigenvalue weighted by atomic mass is 10.0. The summed E-state index contributed by atoms with van der Waals surface area (Å²) in [5, 5.41) is 16.2. The fourth-order valence-corrected chi connectivity index (χ4v) is 2.42. The van der Waals surface area contributed by atoms with Crippen LogP contribution in [0, 0.1) is 0 Å². The van der Waals surface area contributed by atoms with Crippen molar-refractivity contribution in [2.24, 2.45) is 0 Å². The first-order valence-corrected chi connectivity index (χ1v) is 7.05. The van der Waals surface area contributed by atoms with Crippen molar-refractivity contribution in [1.29, 1.82) is 0 Å². The maximum Gasteiger partial charge on any atom is 0.132 e. The van der Waals surface area contributed by atoms with E-state index in [1.54, 1.807) is 13.1 Å². The molecule has 0 aliphatic carbocycles. The van der Waals surface area contributed by atoms with Gasteiger partial charge in [0, 0.05) is 23.3 Å². The first kappa shape index (κ1) is 13.6. The molecular weight excluding hydrogens is 264 g/mol. The Labute approximate surface area is 123 Å². The molecule has 2 aromatic carbocycles. The van der Waals surface area contributed by atoms with Crippen LogP contribution in [0.25, 0.3) is 10.8 Å². The van der Waals surface area contributed by atoms with Crippen LogP contribution in [0.15, 0.2) is 54.9 Å². The van der Waals surface area contributed by atoms with Crippen LogP contribution in [0.5, 0.6) is 5.75 Å². The van der Waals surface area contributed by atoms with E-state index in [1.807, 2.05) is 53.3 Å².